The molecule has 0 N–H and O–H groups in total. The molecule has 13 heavy (non-hydrogen) atoms. The van der Waals surface area contributed by atoms with E-state index in [9.17, 15) is 4.79 Å². The van der Waals surface area contributed by atoms with E-state index in [0.29, 0.717) is 11.6 Å². The first kappa shape index (κ1) is 10.1. The lowest BCUT2D eigenvalue weighted by Gasteiger charge is -2.14. The average molecular weight is 198 g/mol. The zero-order chi connectivity index (χ0) is 9.84. The molecular weight excluding hydrogens is 186 g/mol. The predicted octanol–water partition coefficient (Wildman–Crippen LogP) is 1.75. The molecule has 1 amide bonds. The number of halogens is 1. The van der Waals surface area contributed by atoms with Gasteiger partial charge in [0.1, 0.15) is 0 Å². The molecule has 0 bridgehead atoms. The highest BCUT2D eigenvalue weighted by Gasteiger charge is 2.21. The van der Waals surface area contributed by atoms with Crippen molar-refractivity contribution in [3.63, 3.8) is 0 Å². The highest BCUT2D eigenvalue weighted by atomic mass is 35.5. The number of carbonyl (C=O) groups excluding carboxylic acids is 1. The summed E-state index contributed by atoms with van der Waals surface area (Å²) >= 11 is 5.90. The Morgan fingerprint density at radius 1 is 1.69 bits per heavy atom. The third-order valence-electron chi connectivity index (χ3n) is 2.08. The Labute approximate surface area is 83.6 Å². The SMILES string of the molecule is C#CCN(C)C(=O)C1=C(Cl)CCC1. The lowest BCUT2D eigenvalue weighted by Crippen LogP contribution is -2.28. The topological polar surface area (TPSA) is 20.3 Å². The second kappa shape index (κ2) is 4.34. The molecule has 0 aromatic carbocycles. The summed E-state index contributed by atoms with van der Waals surface area (Å²) in [4.78, 5) is 13.2. The Morgan fingerprint density at radius 3 is 2.85 bits per heavy atom. The maximum atomic E-state index is 11.6. The fourth-order valence-electron chi connectivity index (χ4n) is 1.37. The van der Waals surface area contributed by atoms with Gasteiger partial charge >= 0.3 is 0 Å². The van der Waals surface area contributed by atoms with Crippen LogP contribution in [0.25, 0.3) is 0 Å². The minimum atomic E-state index is -0.0274. The Bertz CT molecular complexity index is 288. The van der Waals surface area contributed by atoms with Crippen molar-refractivity contribution in [1.82, 2.24) is 4.90 Å². The van der Waals surface area contributed by atoms with Gasteiger partial charge in [0.15, 0.2) is 0 Å². The van der Waals surface area contributed by atoms with Gasteiger partial charge in [-0.05, 0) is 19.3 Å². The third-order valence-corrected chi connectivity index (χ3v) is 2.50. The fraction of sp³-hybridized carbons (Fsp3) is 0.500. The zero-order valence-electron chi connectivity index (χ0n) is 7.64. The van der Waals surface area contributed by atoms with Crippen molar-refractivity contribution in [2.45, 2.75) is 19.3 Å². The molecule has 0 fully saturated rings. The number of hydrogen-bond acceptors (Lipinski definition) is 1. The number of nitrogens with zero attached hydrogens (tertiary/aromatic N) is 1. The van der Waals surface area contributed by atoms with Crippen LogP contribution in [0.4, 0.5) is 0 Å². The molecule has 0 atom stereocenters. The summed E-state index contributed by atoms with van der Waals surface area (Å²) in [5.74, 6) is 2.40. The van der Waals surface area contributed by atoms with Crippen LogP contribution < -0.4 is 0 Å². The van der Waals surface area contributed by atoms with Crippen LogP contribution in [0.3, 0.4) is 0 Å². The molecule has 1 aliphatic rings. The van der Waals surface area contributed by atoms with Crippen LogP contribution in [0.2, 0.25) is 0 Å². The molecule has 1 rings (SSSR count). The minimum Gasteiger partial charge on any atom is -0.331 e. The van der Waals surface area contributed by atoms with Crippen molar-refractivity contribution >= 4 is 17.5 Å². The van der Waals surface area contributed by atoms with E-state index in [1.54, 1.807) is 7.05 Å². The van der Waals surface area contributed by atoms with Gasteiger partial charge < -0.3 is 4.90 Å². The lowest BCUT2D eigenvalue weighted by atomic mass is 10.2. The number of carbonyl (C=O) groups is 1. The summed E-state index contributed by atoms with van der Waals surface area (Å²) in [7, 11) is 1.69. The van der Waals surface area contributed by atoms with Crippen LogP contribution in [0, 0.1) is 12.3 Å². The molecule has 0 aromatic heterocycles. The third kappa shape index (κ3) is 2.26. The lowest BCUT2D eigenvalue weighted by molar-refractivity contribution is -0.125. The highest BCUT2D eigenvalue weighted by Crippen LogP contribution is 2.29. The monoisotopic (exact) mass is 197 g/mol. The van der Waals surface area contributed by atoms with E-state index in [0.717, 1.165) is 24.8 Å². The average Bonchev–Trinajstić information content (AvgIpc) is 2.50. The van der Waals surface area contributed by atoms with Crippen molar-refractivity contribution < 1.29 is 4.79 Å². The first-order chi connectivity index (χ1) is 6.16. The van der Waals surface area contributed by atoms with Crippen molar-refractivity contribution in [3.8, 4) is 12.3 Å². The van der Waals surface area contributed by atoms with Crippen LogP contribution in [0.5, 0.6) is 0 Å². The molecule has 0 aliphatic heterocycles. The smallest absolute Gasteiger partial charge is 0.251 e. The summed E-state index contributed by atoms with van der Waals surface area (Å²) < 4.78 is 0. The number of amides is 1. The van der Waals surface area contributed by atoms with Gasteiger partial charge in [-0.2, -0.15) is 0 Å². The predicted molar refractivity (Wildman–Crippen MR) is 53.2 cm³/mol. The van der Waals surface area contributed by atoms with Crippen LogP contribution in [-0.4, -0.2) is 24.4 Å². The summed E-state index contributed by atoms with van der Waals surface area (Å²) in [5.41, 5.74) is 0.736. The standard InChI is InChI=1S/C10H12ClNO/c1-3-7-12(2)10(13)8-5-4-6-9(8)11/h1H,4-7H2,2H3. The fourth-order valence-corrected chi connectivity index (χ4v) is 1.68. The van der Waals surface area contributed by atoms with Gasteiger partial charge in [-0.15, -0.1) is 6.42 Å². The quantitative estimate of drug-likeness (QED) is 0.618. The van der Waals surface area contributed by atoms with Gasteiger partial charge in [0.2, 0.25) is 0 Å². The number of terminal acetylenes is 1. The molecule has 0 heterocycles. The molecule has 0 aromatic rings. The largest absolute Gasteiger partial charge is 0.331 e. The van der Waals surface area contributed by atoms with Gasteiger partial charge in [-0.25, -0.2) is 0 Å². The van der Waals surface area contributed by atoms with Crippen molar-refractivity contribution in [2.75, 3.05) is 13.6 Å². The van der Waals surface area contributed by atoms with Crippen LogP contribution in [-0.2, 0) is 4.79 Å². The van der Waals surface area contributed by atoms with Crippen LogP contribution in [0.1, 0.15) is 19.3 Å². The molecule has 1 aliphatic carbocycles. The number of likely N-dealkylation sites (N-methyl/N-ethyl adjacent to an activating group) is 1. The molecule has 2 nitrogen and oxygen atoms in total. The second-order valence-corrected chi connectivity index (χ2v) is 3.56. The van der Waals surface area contributed by atoms with Crippen molar-refractivity contribution in [1.29, 1.82) is 0 Å². The normalized spacial score (nSPS) is 15.8. The van der Waals surface area contributed by atoms with E-state index in [2.05, 4.69) is 5.92 Å². The number of hydrogen-bond donors (Lipinski definition) is 0. The van der Waals surface area contributed by atoms with Gasteiger partial charge in [0, 0.05) is 17.7 Å². The van der Waals surface area contributed by atoms with Gasteiger partial charge in [0.05, 0.1) is 6.54 Å². The second-order valence-electron chi connectivity index (χ2n) is 3.10. The van der Waals surface area contributed by atoms with Crippen molar-refractivity contribution in [2.24, 2.45) is 0 Å². The van der Waals surface area contributed by atoms with E-state index in [1.165, 1.54) is 4.90 Å². The van der Waals surface area contributed by atoms with Gasteiger partial charge in [0.25, 0.3) is 5.91 Å². The molecule has 0 spiro atoms. The maximum absolute atomic E-state index is 11.6. The maximum Gasteiger partial charge on any atom is 0.251 e. The summed E-state index contributed by atoms with van der Waals surface area (Å²) in [5, 5.41) is 0.703. The van der Waals surface area contributed by atoms with Crippen LogP contribution >= 0.6 is 11.6 Å². The molecule has 70 valence electrons. The first-order valence-corrected chi connectivity index (χ1v) is 4.61. The first-order valence-electron chi connectivity index (χ1n) is 4.23. The minimum absolute atomic E-state index is 0.0274. The molecular formula is C10H12ClNO. The molecule has 0 radical (unpaired) electrons. The Morgan fingerprint density at radius 2 is 2.38 bits per heavy atom. The summed E-state index contributed by atoms with van der Waals surface area (Å²) in [6.45, 7) is 0.340. The van der Waals surface area contributed by atoms with E-state index in [1.807, 2.05) is 0 Å². The molecule has 3 heteroatoms. The van der Waals surface area contributed by atoms with E-state index >= 15 is 0 Å². The number of allylic oxidation sites excluding steroid dienone is 1. The summed E-state index contributed by atoms with van der Waals surface area (Å²) in [6.07, 6.45) is 7.69. The Balaban J connectivity index is 2.68. The molecule has 0 unspecified atom stereocenters. The molecule has 0 saturated carbocycles. The van der Waals surface area contributed by atoms with Crippen molar-refractivity contribution in [3.05, 3.63) is 10.6 Å². The number of rotatable bonds is 2. The van der Waals surface area contributed by atoms with E-state index in [-0.39, 0.29) is 5.91 Å². The van der Waals surface area contributed by atoms with Crippen LogP contribution in [0.15, 0.2) is 10.6 Å². The molecule has 0 saturated heterocycles. The van der Waals surface area contributed by atoms with Gasteiger partial charge in [-0.1, -0.05) is 17.5 Å². The van der Waals surface area contributed by atoms with E-state index in [4.69, 9.17) is 18.0 Å². The Kier molecular flexibility index (Phi) is 3.39. The summed E-state index contributed by atoms with van der Waals surface area (Å²) in [6, 6.07) is 0. The van der Waals surface area contributed by atoms with Gasteiger partial charge in [-0.3, -0.25) is 4.79 Å². The van der Waals surface area contributed by atoms with E-state index < -0.39 is 0 Å². The zero-order valence-corrected chi connectivity index (χ0v) is 8.40. The highest BCUT2D eigenvalue weighted by molar-refractivity contribution is 6.32. The Hall–Kier alpha value is -0.940.